The summed E-state index contributed by atoms with van der Waals surface area (Å²) in [6.45, 7) is 2.08. The molecule has 0 heterocycles. The maximum absolute atomic E-state index is 10.5. The molecule has 2 aromatic rings. The van der Waals surface area contributed by atoms with Gasteiger partial charge in [0.15, 0.2) is 0 Å². The van der Waals surface area contributed by atoms with Crippen LogP contribution in [0.25, 0.3) is 0 Å². The van der Waals surface area contributed by atoms with Gasteiger partial charge in [-0.2, -0.15) is 0 Å². The van der Waals surface area contributed by atoms with Crippen LogP contribution in [0.5, 0.6) is 0 Å². The van der Waals surface area contributed by atoms with Crippen molar-refractivity contribution in [3.05, 3.63) is 71.3 Å². The van der Waals surface area contributed by atoms with E-state index in [1.54, 1.807) is 0 Å². The third-order valence-electron chi connectivity index (χ3n) is 4.65. The van der Waals surface area contributed by atoms with Crippen LogP contribution in [-0.2, 0) is 0 Å². The van der Waals surface area contributed by atoms with Crippen molar-refractivity contribution >= 4 is 0 Å². The highest BCUT2D eigenvalue weighted by atomic mass is 16.3. The molecule has 1 fully saturated rings. The topological polar surface area (TPSA) is 20.2 Å². The van der Waals surface area contributed by atoms with Crippen LogP contribution >= 0.6 is 0 Å². The van der Waals surface area contributed by atoms with Crippen molar-refractivity contribution in [3.8, 4) is 0 Å². The van der Waals surface area contributed by atoms with Gasteiger partial charge in [0, 0.05) is 5.92 Å². The largest absolute Gasteiger partial charge is 0.388 e. The molecule has 104 valence electrons. The van der Waals surface area contributed by atoms with Crippen LogP contribution in [-0.4, -0.2) is 5.11 Å². The molecule has 2 unspecified atom stereocenters. The first kappa shape index (κ1) is 13.4. The molecule has 3 rings (SSSR count). The third kappa shape index (κ3) is 2.64. The molecule has 0 aromatic heterocycles. The van der Waals surface area contributed by atoms with Crippen molar-refractivity contribution in [1.82, 2.24) is 0 Å². The molecule has 2 aromatic carbocycles. The maximum atomic E-state index is 10.5. The quantitative estimate of drug-likeness (QED) is 0.843. The molecule has 20 heavy (non-hydrogen) atoms. The number of hydrogen-bond acceptors (Lipinski definition) is 1. The molecule has 1 N–H and O–H groups in total. The summed E-state index contributed by atoms with van der Waals surface area (Å²) in [7, 11) is 0. The van der Waals surface area contributed by atoms with Crippen LogP contribution in [0.4, 0.5) is 0 Å². The van der Waals surface area contributed by atoms with Gasteiger partial charge in [-0.3, -0.25) is 0 Å². The van der Waals surface area contributed by atoms with E-state index in [4.69, 9.17) is 0 Å². The van der Waals surface area contributed by atoms with Gasteiger partial charge in [0.05, 0.1) is 6.10 Å². The minimum absolute atomic E-state index is 0.116. The molecule has 0 amide bonds. The first-order chi connectivity index (χ1) is 9.75. The molecular weight excluding hydrogens is 244 g/mol. The molecule has 0 aliphatic heterocycles. The van der Waals surface area contributed by atoms with Gasteiger partial charge < -0.3 is 5.11 Å². The summed E-state index contributed by atoms with van der Waals surface area (Å²) >= 11 is 0. The fraction of sp³-hybridized carbons (Fsp3) is 0.368. The van der Waals surface area contributed by atoms with Crippen LogP contribution < -0.4 is 0 Å². The summed E-state index contributed by atoms with van der Waals surface area (Å²) in [6, 6.07) is 18.8. The smallest absolute Gasteiger partial charge is 0.0855 e. The van der Waals surface area contributed by atoms with E-state index in [0.29, 0.717) is 0 Å². The van der Waals surface area contributed by atoms with E-state index in [9.17, 15) is 5.11 Å². The minimum Gasteiger partial charge on any atom is -0.388 e. The zero-order valence-electron chi connectivity index (χ0n) is 12.0. The monoisotopic (exact) mass is 266 g/mol. The molecule has 1 heteroatoms. The number of rotatable bonds is 4. The van der Waals surface area contributed by atoms with Gasteiger partial charge in [-0.1, -0.05) is 67.9 Å². The molecule has 1 nitrogen and oxygen atoms in total. The zero-order valence-corrected chi connectivity index (χ0v) is 12.0. The third-order valence-corrected chi connectivity index (χ3v) is 4.65. The lowest BCUT2D eigenvalue weighted by Gasteiger charge is -2.26. The van der Waals surface area contributed by atoms with Gasteiger partial charge in [0.2, 0.25) is 0 Å². The lowest BCUT2D eigenvalue weighted by atomic mass is 9.79. The molecule has 0 saturated heterocycles. The van der Waals surface area contributed by atoms with E-state index in [0.717, 1.165) is 11.5 Å². The van der Waals surface area contributed by atoms with Crippen molar-refractivity contribution in [1.29, 1.82) is 0 Å². The Hall–Kier alpha value is -1.60. The van der Waals surface area contributed by atoms with Crippen LogP contribution in [0.2, 0.25) is 0 Å². The van der Waals surface area contributed by atoms with Crippen LogP contribution in [0.3, 0.4) is 0 Å². The van der Waals surface area contributed by atoms with Gasteiger partial charge in [-0.15, -0.1) is 0 Å². The average molecular weight is 266 g/mol. The Labute approximate surface area is 121 Å². The predicted molar refractivity (Wildman–Crippen MR) is 82.9 cm³/mol. The Kier molecular flexibility index (Phi) is 3.88. The zero-order chi connectivity index (χ0) is 13.9. The van der Waals surface area contributed by atoms with Gasteiger partial charge >= 0.3 is 0 Å². The summed E-state index contributed by atoms with van der Waals surface area (Å²) < 4.78 is 0. The second kappa shape index (κ2) is 5.80. The normalized spacial score (nSPS) is 18.3. The summed E-state index contributed by atoms with van der Waals surface area (Å²) in [5.74, 6) is 0.874. The van der Waals surface area contributed by atoms with E-state index < -0.39 is 6.10 Å². The Morgan fingerprint density at radius 3 is 2.10 bits per heavy atom. The summed E-state index contributed by atoms with van der Waals surface area (Å²) in [4.78, 5) is 0. The van der Waals surface area contributed by atoms with Crippen LogP contribution in [0.15, 0.2) is 54.6 Å². The first-order valence-corrected chi connectivity index (χ1v) is 7.58. The Morgan fingerprint density at radius 2 is 1.55 bits per heavy atom. The van der Waals surface area contributed by atoms with Gasteiger partial charge in [0.1, 0.15) is 0 Å². The molecule has 0 radical (unpaired) electrons. The van der Waals surface area contributed by atoms with Crippen molar-refractivity contribution in [2.24, 2.45) is 0 Å². The van der Waals surface area contributed by atoms with E-state index in [1.807, 2.05) is 18.2 Å². The molecule has 0 spiro atoms. The molecule has 1 saturated carbocycles. The minimum atomic E-state index is -0.437. The first-order valence-electron chi connectivity index (χ1n) is 7.58. The molecule has 1 aliphatic carbocycles. The van der Waals surface area contributed by atoms with E-state index in [-0.39, 0.29) is 5.92 Å². The highest BCUT2D eigenvalue weighted by Gasteiger charge is 2.21. The van der Waals surface area contributed by atoms with E-state index >= 15 is 0 Å². The number of aliphatic hydroxyl groups excluding tert-OH is 1. The molecule has 0 bridgehead atoms. The Bertz CT molecular complexity index is 540. The van der Waals surface area contributed by atoms with E-state index in [2.05, 4.69) is 43.3 Å². The number of hydrogen-bond donors (Lipinski definition) is 1. The average Bonchev–Trinajstić information content (AvgIpc) is 2.46. The van der Waals surface area contributed by atoms with Crippen molar-refractivity contribution in [2.75, 3.05) is 0 Å². The maximum Gasteiger partial charge on any atom is 0.0855 e. The molecule has 1 aliphatic rings. The Morgan fingerprint density at radius 1 is 0.900 bits per heavy atom. The van der Waals surface area contributed by atoms with Gasteiger partial charge in [-0.05, 0) is 35.4 Å². The van der Waals surface area contributed by atoms with Crippen LogP contribution in [0, 0.1) is 0 Å². The SMILES string of the molecule is CC(c1ccccc1)C(O)c1ccc(C2CCC2)cc1. The summed E-state index contributed by atoms with van der Waals surface area (Å²) in [5.41, 5.74) is 3.63. The van der Waals surface area contributed by atoms with Crippen molar-refractivity contribution in [3.63, 3.8) is 0 Å². The summed E-state index contributed by atoms with van der Waals surface area (Å²) in [6.07, 6.45) is 3.57. The Balaban J connectivity index is 1.74. The lowest BCUT2D eigenvalue weighted by molar-refractivity contribution is 0.151. The van der Waals surface area contributed by atoms with Gasteiger partial charge in [0.25, 0.3) is 0 Å². The second-order valence-electron chi connectivity index (χ2n) is 5.94. The van der Waals surface area contributed by atoms with Crippen molar-refractivity contribution in [2.45, 2.75) is 44.1 Å². The highest BCUT2D eigenvalue weighted by Crippen LogP contribution is 2.37. The van der Waals surface area contributed by atoms with Crippen molar-refractivity contribution < 1.29 is 5.11 Å². The number of benzene rings is 2. The predicted octanol–water partition coefficient (Wildman–Crippen LogP) is 4.79. The lowest BCUT2D eigenvalue weighted by Crippen LogP contribution is -2.10. The van der Waals surface area contributed by atoms with Crippen LogP contribution in [0.1, 0.15) is 60.8 Å². The number of aliphatic hydroxyl groups is 1. The standard InChI is InChI=1S/C19H22O/c1-14(15-6-3-2-4-7-15)19(20)18-12-10-17(11-13-18)16-8-5-9-16/h2-4,6-7,10-14,16,19-20H,5,8-9H2,1H3. The molecular formula is C19H22O. The summed E-state index contributed by atoms with van der Waals surface area (Å²) in [5, 5.41) is 10.5. The van der Waals surface area contributed by atoms with Gasteiger partial charge in [-0.25, -0.2) is 0 Å². The fourth-order valence-corrected chi connectivity index (χ4v) is 2.93. The fourth-order valence-electron chi connectivity index (χ4n) is 2.93. The highest BCUT2D eigenvalue weighted by molar-refractivity contribution is 5.30. The van der Waals surface area contributed by atoms with E-state index in [1.165, 1.54) is 30.4 Å². The second-order valence-corrected chi connectivity index (χ2v) is 5.94. The molecule has 2 atom stereocenters.